The van der Waals surface area contributed by atoms with Gasteiger partial charge in [0.25, 0.3) is 5.91 Å². The first kappa shape index (κ1) is 10.4. The zero-order chi connectivity index (χ0) is 10.7. The number of carbonyl (C=O) groups excluding carboxylic acids is 1. The smallest absolute Gasteiger partial charge is 0.273 e. The van der Waals surface area contributed by atoms with Crippen molar-refractivity contribution < 1.29 is 4.79 Å². The first-order chi connectivity index (χ1) is 7.33. The van der Waals surface area contributed by atoms with Crippen LogP contribution in [-0.2, 0) is 0 Å². The van der Waals surface area contributed by atoms with Crippen molar-refractivity contribution in [3.8, 4) is 0 Å². The Morgan fingerprint density at radius 1 is 1.67 bits per heavy atom. The van der Waals surface area contributed by atoms with Crippen LogP contribution in [0.1, 0.15) is 30.3 Å². The second-order valence-electron chi connectivity index (χ2n) is 3.33. The number of carbonyl (C=O) groups is 1. The molecule has 1 aromatic rings. The van der Waals surface area contributed by atoms with E-state index in [1.165, 1.54) is 12.8 Å². The van der Waals surface area contributed by atoms with Gasteiger partial charge in [-0.2, -0.15) is 0 Å². The summed E-state index contributed by atoms with van der Waals surface area (Å²) in [6, 6.07) is 0. The topological polar surface area (TPSA) is 61.0 Å². The monoisotopic (exact) mass is 226 g/mol. The summed E-state index contributed by atoms with van der Waals surface area (Å²) in [4.78, 5) is 18.4. The lowest BCUT2D eigenvalue weighted by molar-refractivity contribution is 0.0946. The maximum atomic E-state index is 11.4. The Hall–Kier alpha value is -1.17. The summed E-state index contributed by atoms with van der Waals surface area (Å²) in [5.41, 5.74) is 0.560. The van der Waals surface area contributed by atoms with Crippen LogP contribution in [0.5, 0.6) is 0 Å². The second-order valence-corrected chi connectivity index (χ2v) is 4.44. The number of aromatic nitrogens is 2. The van der Waals surface area contributed by atoms with Gasteiger partial charge in [-0.1, -0.05) is 13.3 Å². The molecule has 2 N–H and O–H groups in total. The number of aromatic amines is 1. The fraction of sp³-hybridized carbons (Fsp3) is 0.556. The number of nitrogens with zero attached hydrogens (tertiary/aromatic N) is 2. The molecule has 0 atom stereocenters. The molecule has 82 valence electrons. The third kappa shape index (κ3) is 2.09. The maximum Gasteiger partial charge on any atom is 0.273 e. The Morgan fingerprint density at radius 2 is 2.53 bits per heavy atom. The third-order valence-electron chi connectivity index (χ3n) is 2.21. The van der Waals surface area contributed by atoms with Gasteiger partial charge in [0.15, 0.2) is 5.82 Å². The van der Waals surface area contributed by atoms with Crippen LogP contribution in [0.3, 0.4) is 0 Å². The quantitative estimate of drug-likeness (QED) is 0.601. The number of imidazole rings is 1. The minimum atomic E-state index is -0.0742. The molecule has 0 spiro atoms. The fourth-order valence-corrected chi connectivity index (χ4v) is 2.43. The number of amides is 1. The van der Waals surface area contributed by atoms with Crippen molar-refractivity contribution >= 4 is 23.7 Å². The lowest BCUT2D eigenvalue weighted by atomic mass is 10.3. The first-order valence-electron chi connectivity index (χ1n) is 5.05. The highest BCUT2D eigenvalue weighted by Crippen LogP contribution is 2.25. The molecule has 0 unspecified atom stereocenters. The molecule has 0 saturated heterocycles. The minimum Gasteiger partial charge on any atom is -0.339 e. The van der Waals surface area contributed by atoms with Gasteiger partial charge in [0, 0.05) is 5.75 Å². The van der Waals surface area contributed by atoms with E-state index in [4.69, 9.17) is 0 Å². The third-order valence-corrected chi connectivity index (χ3v) is 3.30. The fourth-order valence-electron chi connectivity index (χ4n) is 1.38. The number of hydrogen-bond donors (Lipinski definition) is 2. The molecule has 2 heterocycles. The normalized spacial score (nSPS) is 15.0. The molecule has 0 aromatic carbocycles. The Balaban J connectivity index is 2.04. The number of rotatable bonds is 4. The number of unbranched alkanes of at least 4 members (excludes halogenated alkanes) is 1. The molecule has 15 heavy (non-hydrogen) atoms. The van der Waals surface area contributed by atoms with E-state index in [9.17, 15) is 4.79 Å². The van der Waals surface area contributed by atoms with E-state index in [1.807, 2.05) is 4.31 Å². The van der Waals surface area contributed by atoms with Crippen LogP contribution in [0, 0.1) is 0 Å². The van der Waals surface area contributed by atoms with E-state index >= 15 is 0 Å². The predicted molar refractivity (Wildman–Crippen MR) is 60.8 cm³/mol. The van der Waals surface area contributed by atoms with Crippen molar-refractivity contribution in [1.82, 2.24) is 15.3 Å². The summed E-state index contributed by atoms with van der Waals surface area (Å²) < 4.78 is 2.02. The molecule has 0 radical (unpaired) electrons. The zero-order valence-corrected chi connectivity index (χ0v) is 9.43. The highest BCUT2D eigenvalue weighted by atomic mass is 32.2. The second kappa shape index (κ2) is 4.57. The van der Waals surface area contributed by atoms with Gasteiger partial charge in [-0.05, 0) is 18.4 Å². The zero-order valence-electron chi connectivity index (χ0n) is 8.62. The number of nitrogens with one attached hydrogen (secondary N) is 2. The Morgan fingerprint density at radius 3 is 3.33 bits per heavy atom. The SMILES string of the molecule is CCCCSN1CNC(=O)c2[nH]cnc21. The number of fused-ring (bicyclic) bond motifs is 1. The molecule has 1 amide bonds. The molecule has 0 aliphatic carbocycles. The molecule has 6 heteroatoms. The highest BCUT2D eigenvalue weighted by molar-refractivity contribution is 8.00. The van der Waals surface area contributed by atoms with Crippen molar-refractivity contribution in [3.05, 3.63) is 12.0 Å². The van der Waals surface area contributed by atoms with E-state index in [2.05, 4.69) is 22.2 Å². The lowest BCUT2D eigenvalue weighted by Gasteiger charge is -2.26. The molecule has 0 saturated carbocycles. The van der Waals surface area contributed by atoms with Gasteiger partial charge in [-0.3, -0.25) is 9.10 Å². The van der Waals surface area contributed by atoms with Crippen LogP contribution in [0.2, 0.25) is 0 Å². The molecule has 0 fully saturated rings. The van der Waals surface area contributed by atoms with Gasteiger partial charge < -0.3 is 10.3 Å². The summed E-state index contributed by atoms with van der Waals surface area (Å²) in [5, 5.41) is 2.80. The van der Waals surface area contributed by atoms with Crippen molar-refractivity contribution in [1.29, 1.82) is 0 Å². The van der Waals surface area contributed by atoms with Crippen molar-refractivity contribution in [2.75, 3.05) is 16.7 Å². The minimum absolute atomic E-state index is 0.0742. The van der Waals surface area contributed by atoms with Crippen LogP contribution in [0.4, 0.5) is 5.82 Å². The molecule has 0 bridgehead atoms. The molecule has 1 aliphatic rings. The summed E-state index contributed by atoms with van der Waals surface area (Å²) >= 11 is 1.71. The van der Waals surface area contributed by atoms with Crippen LogP contribution in [-0.4, -0.2) is 28.3 Å². The van der Waals surface area contributed by atoms with E-state index in [-0.39, 0.29) is 5.91 Å². The Kier molecular flexibility index (Phi) is 3.15. The van der Waals surface area contributed by atoms with Gasteiger partial charge >= 0.3 is 0 Å². The van der Waals surface area contributed by atoms with Gasteiger partial charge in [0.2, 0.25) is 0 Å². The van der Waals surface area contributed by atoms with E-state index in [1.54, 1.807) is 18.3 Å². The molecule has 1 aromatic heterocycles. The average molecular weight is 226 g/mol. The summed E-state index contributed by atoms with van der Waals surface area (Å²) in [7, 11) is 0. The van der Waals surface area contributed by atoms with E-state index in [0.717, 1.165) is 11.6 Å². The number of H-pyrrole nitrogens is 1. The van der Waals surface area contributed by atoms with E-state index in [0.29, 0.717) is 12.4 Å². The standard InChI is InChI=1S/C9H14N4OS/c1-2-3-4-15-13-6-12-9(14)7-8(13)11-5-10-7/h5H,2-4,6H2,1H3,(H,10,11)(H,12,14). The van der Waals surface area contributed by atoms with Crippen LogP contribution in [0.25, 0.3) is 0 Å². The largest absolute Gasteiger partial charge is 0.339 e. The lowest BCUT2D eigenvalue weighted by Crippen LogP contribution is -2.40. The number of hydrogen-bond acceptors (Lipinski definition) is 4. The molecule has 1 aliphatic heterocycles. The van der Waals surface area contributed by atoms with Crippen molar-refractivity contribution in [2.45, 2.75) is 19.8 Å². The number of anilines is 1. The van der Waals surface area contributed by atoms with Gasteiger partial charge in [-0.15, -0.1) is 0 Å². The molecule has 5 nitrogen and oxygen atoms in total. The summed E-state index contributed by atoms with van der Waals surface area (Å²) in [6.45, 7) is 2.70. The highest BCUT2D eigenvalue weighted by Gasteiger charge is 2.25. The molecule has 2 rings (SSSR count). The van der Waals surface area contributed by atoms with Crippen LogP contribution in [0.15, 0.2) is 6.33 Å². The van der Waals surface area contributed by atoms with E-state index < -0.39 is 0 Å². The van der Waals surface area contributed by atoms with Gasteiger partial charge in [0.1, 0.15) is 12.4 Å². The first-order valence-corrected chi connectivity index (χ1v) is 5.99. The van der Waals surface area contributed by atoms with Crippen LogP contribution >= 0.6 is 11.9 Å². The van der Waals surface area contributed by atoms with Crippen molar-refractivity contribution in [2.24, 2.45) is 0 Å². The Bertz CT molecular complexity index is 352. The van der Waals surface area contributed by atoms with Crippen molar-refractivity contribution in [3.63, 3.8) is 0 Å². The summed E-state index contributed by atoms with van der Waals surface area (Å²) in [5.74, 6) is 1.73. The average Bonchev–Trinajstić information content (AvgIpc) is 2.71. The molecular weight excluding hydrogens is 212 g/mol. The van der Waals surface area contributed by atoms with Gasteiger partial charge in [-0.25, -0.2) is 4.98 Å². The Labute approximate surface area is 92.8 Å². The van der Waals surface area contributed by atoms with Gasteiger partial charge in [0.05, 0.1) is 6.33 Å². The summed E-state index contributed by atoms with van der Waals surface area (Å²) in [6.07, 6.45) is 3.92. The maximum absolute atomic E-state index is 11.4. The van der Waals surface area contributed by atoms with Crippen LogP contribution < -0.4 is 9.62 Å². The predicted octanol–water partition coefficient (Wildman–Crippen LogP) is 1.37. The molecular formula is C9H14N4OS.